The first-order chi connectivity index (χ1) is 0. The summed E-state index contributed by atoms with van der Waals surface area (Å²) in [6.07, 6.45) is 0. The molecule has 0 aliphatic heterocycles. The molecule has 0 spiro atoms. The number of halogens is 3. The standard InChI is InChI=1S/3FH.Li.Y.H/h3*1H;;;. The summed E-state index contributed by atoms with van der Waals surface area (Å²) in [5, 5.41) is 0. The Morgan fingerprint density at radius 3 is 0.600 bits per heavy atom. The Labute approximate surface area is 65.2 Å². The average molecular weight is 157 g/mol. The van der Waals surface area contributed by atoms with Crippen LogP contribution in [0.3, 0.4) is 0 Å². The second-order valence-electron chi connectivity index (χ2n) is 0. The van der Waals surface area contributed by atoms with E-state index >= 15 is 0 Å². The second kappa shape index (κ2) is 49.8. The first kappa shape index (κ1) is 88.0. The molecule has 0 saturated carbocycles. The number of hydrogen-bond donors (Lipinski definition) is 0. The van der Waals surface area contributed by atoms with Gasteiger partial charge in [0.25, 0.3) is 0 Å². The normalized spacial score (nSPS) is 0. The summed E-state index contributed by atoms with van der Waals surface area (Å²) in [7, 11) is 0. The molecule has 0 nitrogen and oxygen atoms in total. The van der Waals surface area contributed by atoms with Gasteiger partial charge in [-0.1, -0.05) is 0 Å². The number of rotatable bonds is 0. The molecular formula is H4F3LiY. The molecule has 0 fully saturated rings. The fourth-order valence-corrected chi connectivity index (χ4v) is 0. The minimum atomic E-state index is 0. The SMILES string of the molecule is F.F.F.[LiH].[Y]. The van der Waals surface area contributed by atoms with Gasteiger partial charge < -0.3 is 0 Å². The van der Waals surface area contributed by atoms with Gasteiger partial charge in [0.15, 0.2) is 0 Å². The van der Waals surface area contributed by atoms with Crippen molar-refractivity contribution in [2.45, 2.75) is 0 Å². The van der Waals surface area contributed by atoms with Gasteiger partial charge in [-0.25, -0.2) is 0 Å². The van der Waals surface area contributed by atoms with Crippen molar-refractivity contribution < 1.29 is 46.8 Å². The van der Waals surface area contributed by atoms with Gasteiger partial charge in [-0.15, -0.1) is 0 Å². The van der Waals surface area contributed by atoms with E-state index < -0.39 is 0 Å². The third-order valence-corrected chi connectivity index (χ3v) is 0. The van der Waals surface area contributed by atoms with Crippen molar-refractivity contribution in [2.75, 3.05) is 0 Å². The zero-order chi connectivity index (χ0) is 0. The van der Waals surface area contributed by atoms with E-state index in [9.17, 15) is 0 Å². The third-order valence-electron chi connectivity index (χ3n) is 0. The van der Waals surface area contributed by atoms with Gasteiger partial charge in [0.05, 0.1) is 0 Å². The molecule has 0 saturated heterocycles. The van der Waals surface area contributed by atoms with Crippen LogP contribution in [0.25, 0.3) is 0 Å². The van der Waals surface area contributed by atoms with E-state index in [1.807, 2.05) is 0 Å². The van der Waals surface area contributed by atoms with Crippen LogP contribution in [0.1, 0.15) is 0 Å². The summed E-state index contributed by atoms with van der Waals surface area (Å²) < 4.78 is 0. The molecule has 0 unspecified atom stereocenters. The molecule has 0 aliphatic carbocycles. The summed E-state index contributed by atoms with van der Waals surface area (Å²) in [6, 6.07) is 0. The third kappa shape index (κ3) is 30.1. The van der Waals surface area contributed by atoms with Gasteiger partial charge in [-0.3, -0.25) is 14.1 Å². The van der Waals surface area contributed by atoms with Crippen molar-refractivity contribution in [3.63, 3.8) is 0 Å². The van der Waals surface area contributed by atoms with Crippen LogP contribution >= 0.6 is 0 Å². The molecule has 5 heavy (non-hydrogen) atoms. The molecule has 0 rings (SSSR count). The molecule has 29 valence electrons. The Balaban J connectivity index is 0. The summed E-state index contributed by atoms with van der Waals surface area (Å²) in [5.74, 6) is 0. The van der Waals surface area contributed by atoms with E-state index in [0.717, 1.165) is 0 Å². The summed E-state index contributed by atoms with van der Waals surface area (Å²) in [5.41, 5.74) is 0. The zero-order valence-electron chi connectivity index (χ0n) is 1.80. The Bertz CT molecular complexity index is 6.85. The number of hydrogen-bond acceptors (Lipinski definition) is 0. The quantitative estimate of drug-likeness (QED) is 0.427. The van der Waals surface area contributed by atoms with E-state index in [2.05, 4.69) is 0 Å². The predicted molar refractivity (Wildman–Crippen MR) is 14.7 cm³/mol. The predicted octanol–water partition coefficient (Wildman–Crippen LogP) is -0.193. The van der Waals surface area contributed by atoms with E-state index in [1.165, 1.54) is 0 Å². The molecule has 0 aromatic rings. The topological polar surface area (TPSA) is 0 Å². The van der Waals surface area contributed by atoms with Gasteiger partial charge in [-0.2, -0.15) is 0 Å². The molecule has 0 heterocycles. The molecular weight excluding hydrogens is 153 g/mol. The monoisotopic (exact) mass is 157 g/mol. The van der Waals surface area contributed by atoms with Gasteiger partial charge in [0, 0.05) is 32.7 Å². The van der Waals surface area contributed by atoms with Crippen molar-refractivity contribution in [1.82, 2.24) is 0 Å². The summed E-state index contributed by atoms with van der Waals surface area (Å²) >= 11 is 0. The molecule has 5 heteroatoms. The van der Waals surface area contributed by atoms with Crippen LogP contribution in [0.4, 0.5) is 14.1 Å². The fourth-order valence-electron chi connectivity index (χ4n) is 0. The van der Waals surface area contributed by atoms with Crippen LogP contribution in [0.15, 0.2) is 0 Å². The van der Waals surface area contributed by atoms with Crippen LogP contribution < -0.4 is 0 Å². The maximum absolute atomic E-state index is 0. The van der Waals surface area contributed by atoms with Crippen molar-refractivity contribution in [1.29, 1.82) is 0 Å². The van der Waals surface area contributed by atoms with E-state index in [0.29, 0.717) is 0 Å². The molecule has 0 aromatic heterocycles. The van der Waals surface area contributed by atoms with Crippen molar-refractivity contribution in [3.05, 3.63) is 0 Å². The van der Waals surface area contributed by atoms with Crippen molar-refractivity contribution in [2.24, 2.45) is 0 Å². The Hall–Kier alpha value is 1.49. The zero-order valence-corrected chi connectivity index (χ0v) is 4.64. The fraction of sp³-hybridized carbons (Fsp3) is 0. The second-order valence-corrected chi connectivity index (χ2v) is 0. The van der Waals surface area contributed by atoms with Crippen LogP contribution in [0, 0.1) is 0 Å². The Morgan fingerprint density at radius 2 is 0.600 bits per heavy atom. The maximum atomic E-state index is 0. The van der Waals surface area contributed by atoms with E-state index in [-0.39, 0.29) is 65.7 Å². The average Bonchev–Trinajstić information content (AvgIpc) is 0. The van der Waals surface area contributed by atoms with Crippen LogP contribution in [0.5, 0.6) is 0 Å². The minimum absolute atomic E-state index is 0. The summed E-state index contributed by atoms with van der Waals surface area (Å²) in [6.45, 7) is 0. The molecule has 0 aliphatic rings. The molecule has 0 bridgehead atoms. The van der Waals surface area contributed by atoms with Gasteiger partial charge in [-0.05, 0) is 0 Å². The Morgan fingerprint density at radius 1 is 0.600 bits per heavy atom. The van der Waals surface area contributed by atoms with Crippen molar-refractivity contribution in [3.8, 4) is 0 Å². The van der Waals surface area contributed by atoms with Crippen LogP contribution in [-0.4, -0.2) is 18.9 Å². The van der Waals surface area contributed by atoms with Gasteiger partial charge >= 0.3 is 18.9 Å². The van der Waals surface area contributed by atoms with E-state index in [1.54, 1.807) is 0 Å². The molecule has 1 radical (unpaired) electrons. The van der Waals surface area contributed by atoms with Gasteiger partial charge in [0.2, 0.25) is 0 Å². The van der Waals surface area contributed by atoms with Crippen LogP contribution in [-0.2, 0) is 32.7 Å². The van der Waals surface area contributed by atoms with E-state index in [4.69, 9.17) is 0 Å². The Kier molecular flexibility index (Phi) is 877. The summed E-state index contributed by atoms with van der Waals surface area (Å²) in [4.78, 5) is 0. The first-order valence-corrected chi connectivity index (χ1v) is 0. The van der Waals surface area contributed by atoms with Crippen LogP contribution in [0.2, 0.25) is 0 Å². The first-order valence-electron chi connectivity index (χ1n) is 0. The smallest absolute Gasteiger partial charge is 0 e. The maximum Gasteiger partial charge on any atom is 0 e. The van der Waals surface area contributed by atoms with Gasteiger partial charge in [0.1, 0.15) is 0 Å². The van der Waals surface area contributed by atoms with Crippen molar-refractivity contribution >= 4 is 18.9 Å². The minimum Gasteiger partial charge on any atom is 0 e. The largest absolute Gasteiger partial charge is 0 e. The molecule has 0 N–H and O–H groups in total. The molecule has 0 atom stereocenters. The molecule has 0 amide bonds. The molecule has 0 aromatic carbocycles.